The highest BCUT2D eigenvalue weighted by atomic mass is 35.6. The largest absolute Gasteiger partial charge is 0.452 e. The van der Waals surface area contributed by atoms with E-state index in [1.54, 1.807) is 13.8 Å². The Morgan fingerprint density at radius 3 is 2.25 bits per heavy atom. The Kier molecular flexibility index (Phi) is 8.90. The second-order valence-corrected chi connectivity index (χ2v) is 17.0. The van der Waals surface area contributed by atoms with E-state index in [0.717, 1.165) is 0 Å². The van der Waals surface area contributed by atoms with Crippen molar-refractivity contribution < 1.29 is 32.9 Å². The summed E-state index contributed by atoms with van der Waals surface area (Å²) in [5.41, 5.74) is 0. The summed E-state index contributed by atoms with van der Waals surface area (Å²) in [6.45, 7) is 14.1. The van der Waals surface area contributed by atoms with Gasteiger partial charge in [0.2, 0.25) is 12.2 Å². The van der Waals surface area contributed by atoms with Crippen molar-refractivity contribution in [2.24, 2.45) is 0 Å². The van der Waals surface area contributed by atoms with Crippen LogP contribution in [-0.4, -0.2) is 73.0 Å². The highest BCUT2D eigenvalue weighted by Crippen LogP contribution is 2.42. The maximum absolute atomic E-state index is 12.2. The molecule has 32 heavy (non-hydrogen) atoms. The van der Waals surface area contributed by atoms with Gasteiger partial charge >= 0.3 is 5.97 Å². The second kappa shape index (κ2) is 10.0. The summed E-state index contributed by atoms with van der Waals surface area (Å²) in [5, 5.41) is 7.81. The van der Waals surface area contributed by atoms with Gasteiger partial charge in [0.15, 0.2) is 20.2 Å². The maximum atomic E-state index is 12.2. The number of fused-ring (bicyclic) bond motifs is 1. The minimum Gasteiger partial charge on any atom is -0.452 e. The van der Waals surface area contributed by atoms with E-state index in [1.807, 2.05) is 0 Å². The van der Waals surface area contributed by atoms with Gasteiger partial charge in [0.25, 0.3) is 3.79 Å². The summed E-state index contributed by atoms with van der Waals surface area (Å²) < 4.78 is 33.5. The Hall–Kier alpha value is 0.157. The molecule has 0 aromatic carbocycles. The summed E-state index contributed by atoms with van der Waals surface area (Å²) in [6, 6.07) is 0. The average molecular weight is 555 g/mol. The normalized spacial score (nSPS) is 30.9. The number of alkyl halides is 4. The molecule has 2 aliphatic rings. The molecule has 186 valence electrons. The van der Waals surface area contributed by atoms with Crippen molar-refractivity contribution in [2.75, 3.05) is 12.5 Å². The molecule has 2 fully saturated rings. The number of rotatable bonds is 5. The van der Waals surface area contributed by atoms with Crippen LogP contribution < -0.4 is 0 Å². The first-order valence-corrected chi connectivity index (χ1v) is 14.7. The maximum Gasteiger partial charge on any atom is 0.321 e. The Balaban J connectivity index is 2.49. The summed E-state index contributed by atoms with van der Waals surface area (Å²) in [5.74, 6) is -2.73. The van der Waals surface area contributed by atoms with Crippen LogP contribution in [0, 0.1) is 5.41 Å². The summed E-state index contributed by atoms with van der Waals surface area (Å²) in [7, 11) is -2.41. The van der Waals surface area contributed by atoms with E-state index in [2.05, 4.69) is 33.9 Å². The zero-order valence-corrected chi connectivity index (χ0v) is 23.2. The Bertz CT molecular complexity index is 711. The molecule has 2 aliphatic heterocycles. The van der Waals surface area contributed by atoms with Crippen LogP contribution in [0.15, 0.2) is 0 Å². The Labute approximate surface area is 210 Å². The SMILES string of the molecule is CC1(C)OC[C@H]2O[C@@H](OC(=N)C(Cl)(Cl)Cl)[C@H](OC(=O)CCl)[C@@H](O[Si](C)(C)C(C)(C)C)[C@@H]2O1. The quantitative estimate of drug-likeness (QED) is 0.172. The summed E-state index contributed by atoms with van der Waals surface area (Å²) in [4.78, 5) is 12.2. The lowest BCUT2D eigenvalue weighted by Gasteiger charge is -2.52. The molecule has 0 radical (unpaired) electrons. The lowest BCUT2D eigenvalue weighted by molar-refractivity contribution is -0.373. The summed E-state index contributed by atoms with van der Waals surface area (Å²) >= 11 is 23.0. The molecule has 0 saturated carbocycles. The van der Waals surface area contributed by atoms with E-state index in [1.165, 1.54) is 0 Å². The second-order valence-electron chi connectivity index (χ2n) is 9.71. The third-order valence-electron chi connectivity index (χ3n) is 5.71. The highest BCUT2D eigenvalue weighted by Gasteiger charge is 2.57. The first-order valence-electron chi connectivity index (χ1n) is 10.1. The third-order valence-corrected chi connectivity index (χ3v) is 10.9. The van der Waals surface area contributed by atoms with Crippen molar-refractivity contribution in [3.05, 3.63) is 0 Å². The zero-order chi connectivity index (χ0) is 24.7. The molecule has 0 spiro atoms. The lowest BCUT2D eigenvalue weighted by Crippen LogP contribution is -2.68. The fourth-order valence-electron chi connectivity index (χ4n) is 3.04. The van der Waals surface area contributed by atoms with E-state index >= 15 is 0 Å². The van der Waals surface area contributed by atoms with Crippen LogP contribution in [0.3, 0.4) is 0 Å². The van der Waals surface area contributed by atoms with Gasteiger partial charge in [-0.3, -0.25) is 10.2 Å². The fourth-order valence-corrected chi connectivity index (χ4v) is 4.54. The van der Waals surface area contributed by atoms with Crippen LogP contribution in [0.4, 0.5) is 0 Å². The third kappa shape index (κ3) is 6.85. The van der Waals surface area contributed by atoms with Crippen LogP contribution in [0.25, 0.3) is 0 Å². The van der Waals surface area contributed by atoms with Gasteiger partial charge < -0.3 is 28.1 Å². The van der Waals surface area contributed by atoms with E-state index in [9.17, 15) is 4.79 Å². The van der Waals surface area contributed by atoms with Crippen LogP contribution in [-0.2, 0) is 32.9 Å². The summed E-state index contributed by atoms with van der Waals surface area (Å²) in [6.07, 6.45) is -4.55. The minimum atomic E-state index is -2.41. The van der Waals surface area contributed by atoms with Gasteiger partial charge in [-0.05, 0) is 32.0 Å². The molecule has 8 nitrogen and oxygen atoms in total. The highest BCUT2D eigenvalue weighted by molar-refractivity contribution is 6.76. The van der Waals surface area contributed by atoms with Gasteiger partial charge in [0, 0.05) is 0 Å². The van der Waals surface area contributed by atoms with E-state index < -0.39 is 66.3 Å². The first-order chi connectivity index (χ1) is 14.4. The van der Waals surface area contributed by atoms with Gasteiger partial charge in [0.05, 0.1) is 6.61 Å². The molecule has 0 aromatic rings. The van der Waals surface area contributed by atoms with Gasteiger partial charge in [0.1, 0.15) is 24.2 Å². The molecule has 0 amide bonds. The van der Waals surface area contributed by atoms with Crippen molar-refractivity contribution in [3.8, 4) is 0 Å². The number of hydrogen-bond donors (Lipinski definition) is 1. The number of halogens is 4. The van der Waals surface area contributed by atoms with E-state index in [-0.39, 0.29) is 11.6 Å². The molecular weight excluding hydrogens is 524 g/mol. The molecule has 0 bridgehead atoms. The monoisotopic (exact) mass is 553 g/mol. The minimum absolute atomic E-state index is 0.159. The molecule has 2 heterocycles. The molecular formula is C19H31Cl4NO7Si. The van der Waals surface area contributed by atoms with Crippen LogP contribution in [0.1, 0.15) is 34.6 Å². The lowest BCUT2D eigenvalue weighted by atomic mass is 9.97. The van der Waals surface area contributed by atoms with Gasteiger partial charge in [-0.1, -0.05) is 55.6 Å². The molecule has 2 rings (SSSR count). The first kappa shape index (κ1) is 28.4. The average Bonchev–Trinajstić information content (AvgIpc) is 2.62. The number of nitrogens with one attached hydrogen (secondary N) is 1. The van der Waals surface area contributed by atoms with E-state index in [4.69, 9.17) is 79.9 Å². The number of hydrogen-bond acceptors (Lipinski definition) is 8. The molecule has 2 saturated heterocycles. The fraction of sp³-hybridized carbons (Fsp3) is 0.895. The molecule has 0 unspecified atom stereocenters. The molecule has 13 heteroatoms. The van der Waals surface area contributed by atoms with Crippen molar-refractivity contribution >= 4 is 66.6 Å². The number of ether oxygens (including phenoxy) is 5. The molecule has 5 atom stereocenters. The Morgan fingerprint density at radius 2 is 1.75 bits per heavy atom. The number of esters is 1. The number of carbonyl (C=O) groups excluding carboxylic acids is 1. The Morgan fingerprint density at radius 1 is 1.16 bits per heavy atom. The molecule has 1 N–H and O–H groups in total. The van der Waals surface area contributed by atoms with Crippen molar-refractivity contribution in [1.29, 1.82) is 5.41 Å². The molecule has 0 aliphatic carbocycles. The topological polar surface area (TPSA) is 96.3 Å². The van der Waals surface area contributed by atoms with Gasteiger partial charge in [-0.2, -0.15) is 0 Å². The van der Waals surface area contributed by atoms with E-state index in [0.29, 0.717) is 0 Å². The number of carbonyl (C=O) groups is 1. The van der Waals surface area contributed by atoms with Crippen LogP contribution >= 0.6 is 46.4 Å². The molecule has 0 aromatic heterocycles. The van der Waals surface area contributed by atoms with Gasteiger partial charge in [-0.25, -0.2) is 0 Å². The van der Waals surface area contributed by atoms with Gasteiger partial charge in [-0.15, -0.1) is 11.6 Å². The van der Waals surface area contributed by atoms with Crippen molar-refractivity contribution in [3.63, 3.8) is 0 Å². The smallest absolute Gasteiger partial charge is 0.321 e. The zero-order valence-electron chi connectivity index (χ0n) is 19.2. The standard InChI is InChI=1S/C19H31Cl4NO7Si/c1-17(2,3)32(6,7)31-13-12-10(9-26-18(4,5)30-12)27-15(14(13)28-11(25)8-20)29-16(24)19(21,22)23/h10,12-15,24H,8-9H2,1-7H3/t10-,12-,13+,14-,15+/m1/s1. The van der Waals surface area contributed by atoms with Crippen molar-refractivity contribution in [1.82, 2.24) is 0 Å². The van der Waals surface area contributed by atoms with Crippen LogP contribution in [0.2, 0.25) is 18.1 Å². The van der Waals surface area contributed by atoms with Crippen LogP contribution in [0.5, 0.6) is 0 Å². The predicted octanol–water partition coefficient (Wildman–Crippen LogP) is 4.77. The van der Waals surface area contributed by atoms with Crippen molar-refractivity contribution in [2.45, 2.75) is 93.0 Å². The predicted molar refractivity (Wildman–Crippen MR) is 125 cm³/mol.